The lowest BCUT2D eigenvalue weighted by Crippen LogP contribution is -1.97. The first-order valence-electron chi connectivity index (χ1n) is 6.35. The maximum atomic E-state index is 6.30. The topological polar surface area (TPSA) is 38.9 Å². The van der Waals surface area contributed by atoms with E-state index in [0.717, 1.165) is 45.1 Å². The van der Waals surface area contributed by atoms with Crippen molar-refractivity contribution in [1.82, 2.24) is 9.97 Å². The summed E-state index contributed by atoms with van der Waals surface area (Å²) in [4.78, 5) is 9.17. The minimum atomic E-state index is 0.569. The van der Waals surface area contributed by atoms with Gasteiger partial charge in [-0.3, -0.25) is 0 Å². The summed E-state index contributed by atoms with van der Waals surface area (Å²) in [6.07, 6.45) is 0. The van der Waals surface area contributed by atoms with E-state index in [2.05, 4.69) is 4.98 Å². The van der Waals surface area contributed by atoms with E-state index in [4.69, 9.17) is 21.0 Å². The van der Waals surface area contributed by atoms with E-state index in [1.807, 2.05) is 43.0 Å². The van der Waals surface area contributed by atoms with Crippen molar-refractivity contribution in [2.45, 2.75) is 18.4 Å². The van der Waals surface area contributed by atoms with Crippen LogP contribution in [0, 0.1) is 6.92 Å². The van der Waals surface area contributed by atoms with Crippen molar-refractivity contribution in [2.75, 3.05) is 0 Å². The highest BCUT2D eigenvalue weighted by Gasteiger charge is 2.22. The van der Waals surface area contributed by atoms with Crippen LogP contribution in [0.2, 0.25) is 5.15 Å². The molecular weight excluding hydrogens is 292 g/mol. The van der Waals surface area contributed by atoms with Crippen molar-refractivity contribution in [3.8, 4) is 11.4 Å². The molecule has 1 aliphatic rings. The number of aryl methyl sites for hydroxylation is 1. The lowest BCUT2D eigenvalue weighted by Gasteiger charge is -2.04. The smallest absolute Gasteiger partial charge is 0.165 e. The lowest BCUT2D eigenvalue weighted by atomic mass is 10.1. The van der Waals surface area contributed by atoms with Crippen LogP contribution in [-0.4, -0.2) is 9.97 Å². The van der Waals surface area contributed by atoms with Crippen LogP contribution in [0.3, 0.4) is 0 Å². The predicted molar refractivity (Wildman–Crippen MR) is 82.0 cm³/mol. The van der Waals surface area contributed by atoms with E-state index in [1.54, 1.807) is 0 Å². The molecule has 0 unspecified atom stereocenters. The Balaban J connectivity index is 2.00. The molecule has 0 spiro atoms. The zero-order chi connectivity index (χ0) is 13.7. The van der Waals surface area contributed by atoms with E-state index in [-0.39, 0.29) is 0 Å². The normalized spacial score (nSPS) is 13.9. The SMILES string of the molecule is Cc1oc2ccccc2c1-c1nc(Cl)c2c(n1)CSC2. The van der Waals surface area contributed by atoms with Crippen LogP contribution in [0.25, 0.3) is 22.4 Å². The van der Waals surface area contributed by atoms with Gasteiger partial charge in [-0.15, -0.1) is 0 Å². The fourth-order valence-electron chi connectivity index (χ4n) is 2.57. The van der Waals surface area contributed by atoms with Crippen LogP contribution in [0.1, 0.15) is 17.0 Å². The number of thioether (sulfide) groups is 1. The summed E-state index contributed by atoms with van der Waals surface area (Å²) in [5, 5.41) is 1.60. The molecule has 5 heteroatoms. The highest BCUT2D eigenvalue weighted by atomic mass is 35.5. The molecule has 20 heavy (non-hydrogen) atoms. The van der Waals surface area contributed by atoms with Crippen molar-refractivity contribution in [2.24, 2.45) is 0 Å². The first kappa shape index (κ1) is 12.2. The number of hydrogen-bond donors (Lipinski definition) is 0. The van der Waals surface area contributed by atoms with Crippen molar-refractivity contribution in [1.29, 1.82) is 0 Å². The van der Waals surface area contributed by atoms with Gasteiger partial charge in [0.2, 0.25) is 0 Å². The second-order valence-electron chi connectivity index (χ2n) is 4.79. The zero-order valence-electron chi connectivity index (χ0n) is 10.8. The number of para-hydroxylation sites is 1. The molecule has 2 aromatic heterocycles. The minimum absolute atomic E-state index is 0.569. The number of benzene rings is 1. The second-order valence-corrected chi connectivity index (χ2v) is 6.13. The van der Waals surface area contributed by atoms with Crippen LogP contribution in [0.15, 0.2) is 28.7 Å². The van der Waals surface area contributed by atoms with Gasteiger partial charge in [0.05, 0.1) is 11.3 Å². The average molecular weight is 303 g/mol. The standard InChI is InChI=1S/C15H11ClN2OS/c1-8-13(9-4-2-3-5-12(9)19-8)15-17-11-7-20-6-10(11)14(16)18-15/h2-5H,6-7H2,1H3. The van der Waals surface area contributed by atoms with Gasteiger partial charge in [-0.05, 0) is 13.0 Å². The van der Waals surface area contributed by atoms with Gasteiger partial charge in [0.1, 0.15) is 16.5 Å². The van der Waals surface area contributed by atoms with Gasteiger partial charge in [0.25, 0.3) is 0 Å². The van der Waals surface area contributed by atoms with Gasteiger partial charge < -0.3 is 4.42 Å². The molecule has 100 valence electrons. The molecule has 3 nitrogen and oxygen atoms in total. The fraction of sp³-hybridized carbons (Fsp3) is 0.200. The molecule has 0 atom stereocenters. The third-order valence-electron chi connectivity index (χ3n) is 3.52. The number of nitrogens with zero attached hydrogens (tertiary/aromatic N) is 2. The molecule has 0 bridgehead atoms. The molecule has 3 heterocycles. The molecule has 0 saturated carbocycles. The summed E-state index contributed by atoms with van der Waals surface area (Å²) >= 11 is 8.12. The van der Waals surface area contributed by atoms with Crippen LogP contribution >= 0.6 is 23.4 Å². The van der Waals surface area contributed by atoms with E-state index in [0.29, 0.717) is 11.0 Å². The lowest BCUT2D eigenvalue weighted by molar-refractivity contribution is 0.579. The molecular formula is C15H11ClN2OS. The number of aromatic nitrogens is 2. The maximum absolute atomic E-state index is 6.30. The zero-order valence-corrected chi connectivity index (χ0v) is 12.4. The molecule has 1 aromatic carbocycles. The minimum Gasteiger partial charge on any atom is -0.461 e. The van der Waals surface area contributed by atoms with Crippen molar-refractivity contribution >= 4 is 34.3 Å². The molecule has 0 aliphatic carbocycles. The maximum Gasteiger partial charge on any atom is 0.165 e. The molecule has 0 saturated heterocycles. The van der Waals surface area contributed by atoms with Crippen LogP contribution in [0.5, 0.6) is 0 Å². The van der Waals surface area contributed by atoms with Gasteiger partial charge in [-0.1, -0.05) is 29.8 Å². The van der Waals surface area contributed by atoms with Gasteiger partial charge in [-0.2, -0.15) is 11.8 Å². The van der Waals surface area contributed by atoms with E-state index < -0.39 is 0 Å². The van der Waals surface area contributed by atoms with Crippen molar-refractivity contribution in [3.05, 3.63) is 46.4 Å². The second kappa shape index (κ2) is 4.50. The van der Waals surface area contributed by atoms with Gasteiger partial charge in [-0.25, -0.2) is 9.97 Å². The summed E-state index contributed by atoms with van der Waals surface area (Å²) < 4.78 is 5.78. The Morgan fingerprint density at radius 1 is 1.20 bits per heavy atom. The summed E-state index contributed by atoms with van der Waals surface area (Å²) in [5.41, 5.74) is 3.93. The van der Waals surface area contributed by atoms with Crippen LogP contribution < -0.4 is 0 Å². The largest absolute Gasteiger partial charge is 0.461 e. The summed E-state index contributed by atoms with van der Waals surface area (Å²) in [7, 11) is 0. The Morgan fingerprint density at radius 2 is 2.05 bits per heavy atom. The summed E-state index contributed by atoms with van der Waals surface area (Å²) in [5.74, 6) is 3.30. The third-order valence-corrected chi connectivity index (χ3v) is 4.81. The van der Waals surface area contributed by atoms with Gasteiger partial charge in [0.15, 0.2) is 5.82 Å². The van der Waals surface area contributed by atoms with Crippen molar-refractivity contribution < 1.29 is 4.42 Å². The Kier molecular flexibility index (Phi) is 2.75. The quantitative estimate of drug-likeness (QED) is 0.616. The van der Waals surface area contributed by atoms with Crippen LogP contribution in [-0.2, 0) is 11.5 Å². The number of furan rings is 1. The van der Waals surface area contributed by atoms with E-state index in [1.165, 1.54) is 0 Å². The number of fused-ring (bicyclic) bond motifs is 2. The molecule has 0 N–H and O–H groups in total. The fourth-order valence-corrected chi connectivity index (χ4v) is 3.95. The van der Waals surface area contributed by atoms with Gasteiger partial charge >= 0.3 is 0 Å². The monoisotopic (exact) mass is 302 g/mol. The Morgan fingerprint density at radius 3 is 2.95 bits per heavy atom. The molecule has 0 amide bonds. The molecule has 3 aromatic rings. The molecule has 0 radical (unpaired) electrons. The molecule has 1 aliphatic heterocycles. The average Bonchev–Trinajstić information content (AvgIpc) is 3.01. The molecule has 4 rings (SSSR count). The highest BCUT2D eigenvalue weighted by molar-refractivity contribution is 7.98. The summed E-state index contributed by atoms with van der Waals surface area (Å²) in [6, 6.07) is 7.94. The Bertz CT molecular complexity index is 828. The number of hydrogen-bond acceptors (Lipinski definition) is 4. The van der Waals surface area contributed by atoms with Crippen LogP contribution in [0.4, 0.5) is 0 Å². The summed E-state index contributed by atoms with van der Waals surface area (Å²) in [6.45, 7) is 1.94. The first-order valence-corrected chi connectivity index (χ1v) is 7.89. The van der Waals surface area contributed by atoms with Gasteiger partial charge in [0, 0.05) is 22.5 Å². The third kappa shape index (κ3) is 1.75. The Labute approximate surface area is 125 Å². The number of rotatable bonds is 1. The number of halogens is 1. The van der Waals surface area contributed by atoms with E-state index in [9.17, 15) is 0 Å². The Hall–Kier alpha value is -1.52. The molecule has 0 fully saturated rings. The first-order chi connectivity index (χ1) is 9.74. The predicted octanol–water partition coefficient (Wildman–Crippen LogP) is 4.60. The van der Waals surface area contributed by atoms with Crippen molar-refractivity contribution in [3.63, 3.8) is 0 Å². The van der Waals surface area contributed by atoms with E-state index >= 15 is 0 Å². The highest BCUT2D eigenvalue weighted by Crippen LogP contribution is 2.37.